The van der Waals surface area contributed by atoms with Crippen molar-refractivity contribution in [3.63, 3.8) is 0 Å². The Morgan fingerprint density at radius 1 is 1.44 bits per heavy atom. The van der Waals surface area contributed by atoms with E-state index in [2.05, 4.69) is 22.4 Å². The topological polar surface area (TPSA) is 37.8 Å². The monoisotopic (exact) mass is 255 g/mol. The summed E-state index contributed by atoms with van der Waals surface area (Å²) in [7, 11) is 0. The highest BCUT2D eigenvalue weighted by Gasteiger charge is 2.04. The van der Waals surface area contributed by atoms with Gasteiger partial charge in [0.15, 0.2) is 4.34 Å². The Kier molecular flexibility index (Phi) is 3.74. The summed E-state index contributed by atoms with van der Waals surface area (Å²) in [4.78, 5) is 0. The van der Waals surface area contributed by atoms with Gasteiger partial charge in [-0.3, -0.25) is 0 Å². The molecule has 0 atom stereocenters. The Morgan fingerprint density at radius 2 is 2.31 bits per heavy atom. The van der Waals surface area contributed by atoms with Crippen LogP contribution in [0.1, 0.15) is 6.92 Å². The molecule has 16 heavy (non-hydrogen) atoms. The maximum absolute atomic E-state index is 12.9. The first-order chi connectivity index (χ1) is 7.78. The van der Waals surface area contributed by atoms with Crippen LogP contribution in [0.4, 0.5) is 15.2 Å². The third-order valence-corrected chi connectivity index (χ3v) is 3.60. The second kappa shape index (κ2) is 5.27. The van der Waals surface area contributed by atoms with Crippen LogP contribution >= 0.6 is 23.1 Å². The van der Waals surface area contributed by atoms with Gasteiger partial charge in [-0.1, -0.05) is 36.1 Å². The predicted octanol–water partition coefficient (Wildman–Crippen LogP) is 3.53. The lowest BCUT2D eigenvalue weighted by Gasteiger charge is -2.00. The van der Waals surface area contributed by atoms with E-state index in [0.717, 1.165) is 10.1 Å². The zero-order valence-corrected chi connectivity index (χ0v) is 10.2. The maximum Gasteiger partial charge on any atom is 0.210 e. The number of thioether (sulfide) groups is 1. The van der Waals surface area contributed by atoms with Crippen molar-refractivity contribution in [2.75, 3.05) is 11.1 Å². The average molecular weight is 255 g/mol. The molecule has 84 valence electrons. The maximum atomic E-state index is 12.9. The van der Waals surface area contributed by atoms with Gasteiger partial charge in [-0.05, 0) is 24.0 Å². The normalized spacial score (nSPS) is 10.4. The fourth-order valence-corrected chi connectivity index (χ4v) is 2.80. The van der Waals surface area contributed by atoms with Crippen LogP contribution in [-0.2, 0) is 0 Å². The summed E-state index contributed by atoms with van der Waals surface area (Å²) in [6, 6.07) is 6.27. The van der Waals surface area contributed by atoms with E-state index in [0.29, 0.717) is 10.8 Å². The van der Waals surface area contributed by atoms with Crippen LogP contribution in [-0.4, -0.2) is 16.0 Å². The first-order valence-electron chi connectivity index (χ1n) is 4.77. The quantitative estimate of drug-likeness (QED) is 0.848. The predicted molar refractivity (Wildman–Crippen MR) is 66.0 cm³/mol. The van der Waals surface area contributed by atoms with E-state index in [1.54, 1.807) is 23.9 Å². The van der Waals surface area contributed by atoms with E-state index in [4.69, 9.17) is 0 Å². The second-order valence-corrected chi connectivity index (χ2v) is 5.43. The Hall–Kier alpha value is -1.14. The molecule has 0 aliphatic rings. The van der Waals surface area contributed by atoms with Crippen molar-refractivity contribution in [3.8, 4) is 0 Å². The van der Waals surface area contributed by atoms with E-state index < -0.39 is 0 Å². The second-order valence-electron chi connectivity index (χ2n) is 2.94. The van der Waals surface area contributed by atoms with Gasteiger partial charge in [0.05, 0.1) is 0 Å². The molecule has 1 aromatic carbocycles. The van der Waals surface area contributed by atoms with Crippen molar-refractivity contribution < 1.29 is 4.39 Å². The van der Waals surface area contributed by atoms with Crippen LogP contribution in [0.15, 0.2) is 28.6 Å². The number of hydrogen-bond donors (Lipinski definition) is 1. The molecule has 1 heterocycles. The van der Waals surface area contributed by atoms with E-state index in [9.17, 15) is 4.39 Å². The summed E-state index contributed by atoms with van der Waals surface area (Å²) in [5.41, 5.74) is 0.684. The lowest BCUT2D eigenvalue weighted by Crippen LogP contribution is -1.89. The molecule has 6 heteroatoms. The van der Waals surface area contributed by atoms with Gasteiger partial charge in [-0.15, -0.1) is 10.2 Å². The summed E-state index contributed by atoms with van der Waals surface area (Å²) in [5, 5.41) is 11.7. The van der Waals surface area contributed by atoms with Crippen LogP contribution in [0.25, 0.3) is 0 Å². The van der Waals surface area contributed by atoms with Crippen LogP contribution in [0.2, 0.25) is 0 Å². The molecule has 3 nitrogen and oxygen atoms in total. The van der Waals surface area contributed by atoms with Gasteiger partial charge in [-0.2, -0.15) is 0 Å². The molecule has 0 aliphatic carbocycles. The molecular weight excluding hydrogens is 245 g/mol. The molecule has 2 aromatic rings. The molecule has 0 saturated heterocycles. The standard InChI is InChI=1S/C10H10FN3S2/c1-2-15-10-14-13-9(16-10)12-8-5-3-4-7(11)6-8/h3-6H,2H2,1H3,(H,12,13). The number of nitrogens with zero attached hydrogens (tertiary/aromatic N) is 2. The van der Waals surface area contributed by atoms with Crippen molar-refractivity contribution in [1.29, 1.82) is 0 Å². The number of nitrogens with one attached hydrogen (secondary N) is 1. The zero-order chi connectivity index (χ0) is 11.4. The Bertz CT molecular complexity index is 473. The smallest absolute Gasteiger partial charge is 0.210 e. The number of aromatic nitrogens is 2. The molecule has 1 N–H and O–H groups in total. The van der Waals surface area contributed by atoms with Crippen LogP contribution in [0.3, 0.4) is 0 Å². The lowest BCUT2D eigenvalue weighted by molar-refractivity contribution is 0.628. The SMILES string of the molecule is CCSc1nnc(Nc2cccc(F)c2)s1. The molecular formula is C10H10FN3S2. The number of rotatable bonds is 4. The highest BCUT2D eigenvalue weighted by atomic mass is 32.2. The van der Waals surface area contributed by atoms with E-state index in [1.807, 2.05) is 0 Å². The molecule has 0 amide bonds. The Balaban J connectivity index is 2.08. The third-order valence-electron chi connectivity index (χ3n) is 1.75. The van der Waals surface area contributed by atoms with Gasteiger partial charge in [0.25, 0.3) is 0 Å². The number of anilines is 2. The minimum Gasteiger partial charge on any atom is -0.330 e. The summed E-state index contributed by atoms with van der Waals surface area (Å²) < 4.78 is 13.8. The van der Waals surface area contributed by atoms with E-state index in [-0.39, 0.29) is 5.82 Å². The summed E-state index contributed by atoms with van der Waals surface area (Å²) in [6.07, 6.45) is 0. The van der Waals surface area contributed by atoms with Crippen molar-refractivity contribution in [1.82, 2.24) is 10.2 Å². The number of halogens is 1. The fourth-order valence-electron chi connectivity index (χ4n) is 1.13. The molecule has 2 rings (SSSR count). The summed E-state index contributed by atoms with van der Waals surface area (Å²) in [5.74, 6) is 0.701. The van der Waals surface area contributed by atoms with Crippen molar-refractivity contribution in [2.45, 2.75) is 11.3 Å². The molecule has 0 spiro atoms. The summed E-state index contributed by atoms with van der Waals surface area (Å²) >= 11 is 3.11. The fraction of sp³-hybridized carbons (Fsp3) is 0.200. The average Bonchev–Trinajstić information content (AvgIpc) is 2.66. The lowest BCUT2D eigenvalue weighted by atomic mass is 10.3. The van der Waals surface area contributed by atoms with Crippen molar-refractivity contribution in [2.24, 2.45) is 0 Å². The first kappa shape index (κ1) is 11.3. The van der Waals surface area contributed by atoms with Gasteiger partial charge < -0.3 is 5.32 Å². The zero-order valence-electron chi connectivity index (χ0n) is 8.61. The van der Waals surface area contributed by atoms with Gasteiger partial charge >= 0.3 is 0 Å². The van der Waals surface area contributed by atoms with Gasteiger partial charge in [0, 0.05) is 5.69 Å². The summed E-state index contributed by atoms with van der Waals surface area (Å²) in [6.45, 7) is 2.06. The van der Waals surface area contributed by atoms with E-state index >= 15 is 0 Å². The minimum atomic E-state index is -0.266. The molecule has 0 fully saturated rings. The molecule has 0 radical (unpaired) electrons. The third kappa shape index (κ3) is 2.93. The van der Waals surface area contributed by atoms with Gasteiger partial charge in [0.2, 0.25) is 5.13 Å². The molecule has 0 unspecified atom stereocenters. The van der Waals surface area contributed by atoms with Crippen LogP contribution in [0.5, 0.6) is 0 Å². The van der Waals surface area contributed by atoms with Crippen molar-refractivity contribution >= 4 is 33.9 Å². The highest BCUT2D eigenvalue weighted by Crippen LogP contribution is 2.27. The largest absolute Gasteiger partial charge is 0.330 e. The van der Waals surface area contributed by atoms with Gasteiger partial charge in [-0.25, -0.2) is 4.39 Å². The van der Waals surface area contributed by atoms with Crippen LogP contribution in [0, 0.1) is 5.82 Å². The molecule has 0 bridgehead atoms. The molecule has 1 aromatic heterocycles. The number of hydrogen-bond acceptors (Lipinski definition) is 5. The Morgan fingerprint density at radius 3 is 3.06 bits per heavy atom. The minimum absolute atomic E-state index is 0.266. The molecule has 0 saturated carbocycles. The van der Waals surface area contributed by atoms with Gasteiger partial charge in [0.1, 0.15) is 5.82 Å². The molecule has 0 aliphatic heterocycles. The van der Waals surface area contributed by atoms with Crippen LogP contribution < -0.4 is 5.32 Å². The number of benzene rings is 1. The first-order valence-corrected chi connectivity index (χ1v) is 6.57. The van der Waals surface area contributed by atoms with Crippen molar-refractivity contribution in [3.05, 3.63) is 30.1 Å². The Labute approximate surface area is 101 Å². The highest BCUT2D eigenvalue weighted by molar-refractivity contribution is 8.01. The van der Waals surface area contributed by atoms with E-state index in [1.165, 1.54) is 23.5 Å².